The lowest BCUT2D eigenvalue weighted by atomic mass is 9.95. The Hall–Kier alpha value is 0.120. The highest BCUT2D eigenvalue weighted by molar-refractivity contribution is 9.13. The fourth-order valence-corrected chi connectivity index (χ4v) is 2.83. The van der Waals surface area contributed by atoms with E-state index >= 15 is 0 Å². The Bertz CT molecular complexity index is 406. The van der Waals surface area contributed by atoms with Gasteiger partial charge >= 0.3 is 0 Å². The van der Waals surface area contributed by atoms with E-state index in [1.807, 2.05) is 20.8 Å². The minimum absolute atomic E-state index is 0.292. The molecule has 0 fully saturated rings. The van der Waals surface area contributed by atoms with Gasteiger partial charge in [-0.25, -0.2) is 4.98 Å². The van der Waals surface area contributed by atoms with Gasteiger partial charge < -0.3 is 5.21 Å². The first-order valence-electron chi connectivity index (χ1n) is 4.11. The van der Waals surface area contributed by atoms with Gasteiger partial charge in [-0.2, -0.15) is 0 Å². The molecule has 0 atom stereocenters. The lowest BCUT2D eigenvalue weighted by Gasteiger charge is -2.21. The molecular formula is C8H10Br3N3O. The predicted octanol–water partition coefficient (Wildman–Crippen LogP) is 3.85. The summed E-state index contributed by atoms with van der Waals surface area (Å²) in [6.07, 6.45) is 0. The average molecular weight is 404 g/mol. The van der Waals surface area contributed by atoms with Crippen molar-refractivity contribution >= 4 is 53.6 Å². The molecule has 0 saturated carbocycles. The van der Waals surface area contributed by atoms with E-state index in [1.54, 1.807) is 4.57 Å². The van der Waals surface area contributed by atoms with Crippen molar-refractivity contribution in [3.05, 3.63) is 13.9 Å². The number of rotatable bonds is 0. The number of halogens is 3. The number of hydrogen-bond acceptors (Lipinski definition) is 3. The Labute approximate surface area is 113 Å². The largest absolute Gasteiger partial charge is 0.409 e. The zero-order valence-electron chi connectivity index (χ0n) is 8.42. The molecule has 0 aliphatic carbocycles. The van der Waals surface area contributed by atoms with Crippen molar-refractivity contribution < 1.29 is 5.21 Å². The minimum atomic E-state index is -0.292. The SMILES string of the molecule is CC(C)(C)/C(=N/O)n1c(Br)nc(Br)c1Br. The number of imidazole rings is 1. The van der Waals surface area contributed by atoms with Crippen molar-refractivity contribution in [2.45, 2.75) is 20.8 Å². The Morgan fingerprint density at radius 1 is 1.33 bits per heavy atom. The van der Waals surface area contributed by atoms with E-state index in [0.29, 0.717) is 19.8 Å². The Morgan fingerprint density at radius 3 is 2.13 bits per heavy atom. The zero-order chi connectivity index (χ0) is 11.8. The highest BCUT2D eigenvalue weighted by Gasteiger charge is 2.26. The molecule has 0 spiro atoms. The van der Waals surface area contributed by atoms with Crippen LogP contribution < -0.4 is 0 Å². The molecule has 1 aromatic heterocycles. The number of hydrogen-bond donors (Lipinski definition) is 1. The molecule has 0 amide bonds. The first-order valence-corrected chi connectivity index (χ1v) is 6.49. The molecule has 0 radical (unpaired) electrons. The summed E-state index contributed by atoms with van der Waals surface area (Å²) in [6.45, 7) is 5.86. The van der Waals surface area contributed by atoms with Crippen LogP contribution in [-0.2, 0) is 0 Å². The summed E-state index contributed by atoms with van der Waals surface area (Å²) < 4.78 is 3.62. The Morgan fingerprint density at radius 2 is 1.87 bits per heavy atom. The fourth-order valence-electron chi connectivity index (χ4n) is 1.06. The molecule has 0 aliphatic rings. The van der Waals surface area contributed by atoms with Crippen LogP contribution in [0.2, 0.25) is 0 Å². The second kappa shape index (κ2) is 4.55. The Balaban J connectivity index is 3.38. The second-order valence-electron chi connectivity index (χ2n) is 3.97. The van der Waals surface area contributed by atoms with Gasteiger partial charge in [0, 0.05) is 5.41 Å². The third-order valence-corrected chi connectivity index (χ3v) is 4.07. The molecule has 1 heterocycles. The maximum atomic E-state index is 9.06. The smallest absolute Gasteiger partial charge is 0.184 e. The summed E-state index contributed by atoms with van der Waals surface area (Å²) in [5.74, 6) is 0.499. The number of nitrogens with zero attached hydrogens (tertiary/aromatic N) is 3. The van der Waals surface area contributed by atoms with Crippen LogP contribution >= 0.6 is 47.8 Å². The third kappa shape index (κ3) is 2.62. The molecule has 84 valence electrons. The number of aromatic nitrogens is 2. The maximum absolute atomic E-state index is 9.06. The van der Waals surface area contributed by atoms with Crippen LogP contribution in [0, 0.1) is 5.41 Å². The van der Waals surface area contributed by atoms with Crippen LogP contribution in [-0.4, -0.2) is 20.6 Å². The summed E-state index contributed by atoms with van der Waals surface area (Å²) in [6, 6.07) is 0. The third-order valence-electron chi connectivity index (χ3n) is 1.72. The lowest BCUT2D eigenvalue weighted by molar-refractivity contribution is 0.307. The lowest BCUT2D eigenvalue weighted by Crippen LogP contribution is -2.28. The molecule has 1 aromatic rings. The topological polar surface area (TPSA) is 50.4 Å². The van der Waals surface area contributed by atoms with Gasteiger partial charge in [0.1, 0.15) is 9.21 Å². The first kappa shape index (κ1) is 13.2. The van der Waals surface area contributed by atoms with E-state index in [0.717, 1.165) is 0 Å². The Kier molecular flexibility index (Phi) is 4.00. The van der Waals surface area contributed by atoms with Crippen LogP contribution in [0.1, 0.15) is 20.8 Å². The molecule has 0 unspecified atom stereocenters. The molecule has 1 N–H and O–H groups in total. The van der Waals surface area contributed by atoms with Gasteiger partial charge in [-0.05, 0) is 47.8 Å². The second-order valence-corrected chi connectivity index (χ2v) is 6.18. The highest BCUT2D eigenvalue weighted by atomic mass is 79.9. The quantitative estimate of drug-likeness (QED) is 0.309. The minimum Gasteiger partial charge on any atom is -0.409 e. The standard InChI is InChI=1S/C8H10Br3N3O/c1-8(2,3)6(13-15)14-5(10)4(9)12-7(14)11/h15H,1-3H3/b13-6-. The normalized spacial score (nSPS) is 13.3. The maximum Gasteiger partial charge on any atom is 0.184 e. The van der Waals surface area contributed by atoms with Crippen molar-refractivity contribution in [2.75, 3.05) is 0 Å². The summed E-state index contributed by atoms with van der Waals surface area (Å²) in [5, 5.41) is 12.4. The van der Waals surface area contributed by atoms with Gasteiger partial charge in [0.15, 0.2) is 10.6 Å². The summed E-state index contributed by atoms with van der Waals surface area (Å²) in [4.78, 5) is 4.15. The molecule has 0 saturated heterocycles. The fraction of sp³-hybridized carbons (Fsp3) is 0.500. The van der Waals surface area contributed by atoms with E-state index in [-0.39, 0.29) is 5.41 Å². The van der Waals surface area contributed by atoms with Gasteiger partial charge in [-0.1, -0.05) is 25.9 Å². The molecule has 1 rings (SSSR count). The molecule has 7 heteroatoms. The summed E-state index contributed by atoms with van der Waals surface area (Å²) in [7, 11) is 0. The molecule has 0 bridgehead atoms. The first-order chi connectivity index (χ1) is 6.79. The molecular weight excluding hydrogens is 394 g/mol. The van der Waals surface area contributed by atoms with Gasteiger partial charge in [0.2, 0.25) is 0 Å². The van der Waals surface area contributed by atoms with Gasteiger partial charge in [0.05, 0.1) is 0 Å². The van der Waals surface area contributed by atoms with Crippen molar-refractivity contribution in [1.82, 2.24) is 9.55 Å². The summed E-state index contributed by atoms with van der Waals surface area (Å²) in [5.41, 5.74) is -0.292. The monoisotopic (exact) mass is 401 g/mol. The van der Waals surface area contributed by atoms with Crippen LogP contribution in [0.3, 0.4) is 0 Å². The van der Waals surface area contributed by atoms with Crippen molar-refractivity contribution in [2.24, 2.45) is 10.6 Å². The zero-order valence-corrected chi connectivity index (χ0v) is 13.2. The van der Waals surface area contributed by atoms with Crippen molar-refractivity contribution in [3.8, 4) is 0 Å². The molecule has 0 aromatic carbocycles. The van der Waals surface area contributed by atoms with Gasteiger partial charge in [-0.3, -0.25) is 4.57 Å². The van der Waals surface area contributed by atoms with Crippen LogP contribution in [0.15, 0.2) is 19.1 Å². The van der Waals surface area contributed by atoms with E-state index in [4.69, 9.17) is 5.21 Å². The summed E-state index contributed by atoms with van der Waals surface area (Å²) >= 11 is 9.95. The van der Waals surface area contributed by atoms with Crippen molar-refractivity contribution in [3.63, 3.8) is 0 Å². The van der Waals surface area contributed by atoms with E-state index in [2.05, 4.69) is 57.9 Å². The predicted molar refractivity (Wildman–Crippen MR) is 69.4 cm³/mol. The average Bonchev–Trinajstić information content (AvgIpc) is 2.30. The highest BCUT2D eigenvalue weighted by Crippen LogP contribution is 2.30. The van der Waals surface area contributed by atoms with E-state index in [1.165, 1.54) is 0 Å². The van der Waals surface area contributed by atoms with Crippen molar-refractivity contribution in [1.29, 1.82) is 0 Å². The van der Waals surface area contributed by atoms with E-state index in [9.17, 15) is 0 Å². The van der Waals surface area contributed by atoms with Crippen LogP contribution in [0.25, 0.3) is 0 Å². The van der Waals surface area contributed by atoms with Crippen LogP contribution in [0.4, 0.5) is 0 Å². The van der Waals surface area contributed by atoms with Gasteiger partial charge in [-0.15, -0.1) is 0 Å². The number of oxime groups is 1. The molecule has 0 aliphatic heterocycles. The molecule has 15 heavy (non-hydrogen) atoms. The van der Waals surface area contributed by atoms with E-state index < -0.39 is 0 Å². The van der Waals surface area contributed by atoms with Gasteiger partial charge in [0.25, 0.3) is 0 Å². The molecule has 4 nitrogen and oxygen atoms in total. The van der Waals surface area contributed by atoms with Crippen LogP contribution in [0.5, 0.6) is 0 Å².